The zero-order valence-corrected chi connectivity index (χ0v) is 13.0. The Morgan fingerprint density at radius 3 is 2.85 bits per heavy atom. The van der Waals surface area contributed by atoms with Crippen LogP contribution in [0.3, 0.4) is 0 Å². The summed E-state index contributed by atoms with van der Waals surface area (Å²) < 4.78 is 0. The third-order valence-corrected chi connectivity index (χ3v) is 3.70. The molecule has 0 aliphatic rings. The lowest BCUT2D eigenvalue weighted by molar-refractivity contribution is 0.916. The molecule has 20 heavy (non-hydrogen) atoms. The maximum Gasteiger partial charge on any atom is 0.172 e. The standard InChI is InChI=1S/C13H12Cl2N4S/c1-8-10(14)7-17-12(11(8)15)19-13(20)18-6-9-3-2-4-16-5-9/h2-5,7H,6H2,1H3,(H2,17,18,19,20). The van der Waals surface area contributed by atoms with Gasteiger partial charge in [0.05, 0.1) is 10.0 Å². The largest absolute Gasteiger partial charge is 0.358 e. The van der Waals surface area contributed by atoms with Gasteiger partial charge in [-0.2, -0.15) is 0 Å². The number of pyridine rings is 2. The van der Waals surface area contributed by atoms with Crippen molar-refractivity contribution >= 4 is 46.4 Å². The van der Waals surface area contributed by atoms with Gasteiger partial charge in [-0.05, 0) is 36.3 Å². The SMILES string of the molecule is Cc1c(Cl)cnc(NC(=S)NCc2cccnc2)c1Cl. The van der Waals surface area contributed by atoms with Crippen LogP contribution in [0.25, 0.3) is 0 Å². The van der Waals surface area contributed by atoms with E-state index in [0.717, 1.165) is 11.1 Å². The minimum absolute atomic E-state index is 0.435. The van der Waals surface area contributed by atoms with E-state index >= 15 is 0 Å². The number of rotatable bonds is 3. The summed E-state index contributed by atoms with van der Waals surface area (Å²) in [4.78, 5) is 8.15. The monoisotopic (exact) mass is 326 g/mol. The Kier molecular flexibility index (Phi) is 5.11. The number of hydrogen-bond donors (Lipinski definition) is 2. The first-order valence-corrected chi connectivity index (χ1v) is 6.98. The van der Waals surface area contributed by atoms with Gasteiger partial charge in [0.25, 0.3) is 0 Å². The molecule has 0 radical (unpaired) electrons. The van der Waals surface area contributed by atoms with E-state index in [0.29, 0.717) is 27.5 Å². The molecule has 0 saturated carbocycles. The second kappa shape index (κ2) is 6.83. The minimum atomic E-state index is 0.435. The van der Waals surface area contributed by atoms with Crippen LogP contribution in [0.4, 0.5) is 5.82 Å². The van der Waals surface area contributed by atoms with E-state index in [9.17, 15) is 0 Å². The van der Waals surface area contributed by atoms with Crippen LogP contribution in [0.2, 0.25) is 10.0 Å². The maximum absolute atomic E-state index is 6.15. The molecule has 0 spiro atoms. The lowest BCUT2D eigenvalue weighted by Gasteiger charge is -2.12. The molecule has 4 nitrogen and oxygen atoms in total. The summed E-state index contributed by atoms with van der Waals surface area (Å²) in [5, 5.41) is 7.42. The fourth-order valence-electron chi connectivity index (χ4n) is 1.48. The average molecular weight is 327 g/mol. The highest BCUT2D eigenvalue weighted by Crippen LogP contribution is 2.28. The van der Waals surface area contributed by atoms with Crippen LogP contribution in [0, 0.1) is 6.92 Å². The van der Waals surface area contributed by atoms with Crippen LogP contribution in [-0.4, -0.2) is 15.1 Å². The van der Waals surface area contributed by atoms with Gasteiger partial charge >= 0.3 is 0 Å². The number of anilines is 1. The predicted octanol–water partition coefficient (Wildman–Crippen LogP) is 3.58. The second-order valence-electron chi connectivity index (χ2n) is 4.06. The van der Waals surface area contributed by atoms with E-state index in [-0.39, 0.29) is 0 Å². The maximum atomic E-state index is 6.15. The normalized spacial score (nSPS) is 10.2. The van der Waals surface area contributed by atoms with Gasteiger partial charge in [0.1, 0.15) is 0 Å². The van der Waals surface area contributed by atoms with Gasteiger partial charge in [0.2, 0.25) is 0 Å². The van der Waals surface area contributed by atoms with Crippen LogP contribution in [0.1, 0.15) is 11.1 Å². The molecule has 2 rings (SSSR count). The molecule has 7 heteroatoms. The number of nitrogens with zero attached hydrogens (tertiary/aromatic N) is 2. The molecule has 104 valence electrons. The lowest BCUT2D eigenvalue weighted by Crippen LogP contribution is -2.28. The molecule has 0 fully saturated rings. The Morgan fingerprint density at radius 1 is 1.35 bits per heavy atom. The molecule has 0 bridgehead atoms. The molecule has 2 heterocycles. The fraction of sp³-hybridized carbons (Fsp3) is 0.154. The van der Waals surface area contributed by atoms with Crippen LogP contribution in [0.15, 0.2) is 30.7 Å². The van der Waals surface area contributed by atoms with Gasteiger partial charge in [-0.3, -0.25) is 4.98 Å². The first kappa shape index (κ1) is 15.0. The molecule has 0 aromatic carbocycles. The molecule has 2 aromatic rings. The Bertz CT molecular complexity index is 619. The smallest absolute Gasteiger partial charge is 0.172 e. The Morgan fingerprint density at radius 2 is 2.15 bits per heavy atom. The van der Waals surface area contributed by atoms with E-state index in [1.807, 2.05) is 19.1 Å². The Labute approximate surface area is 132 Å². The van der Waals surface area contributed by atoms with E-state index in [1.165, 1.54) is 6.20 Å². The highest BCUT2D eigenvalue weighted by molar-refractivity contribution is 7.80. The van der Waals surface area contributed by atoms with Crippen molar-refractivity contribution in [2.75, 3.05) is 5.32 Å². The number of nitrogens with one attached hydrogen (secondary N) is 2. The predicted molar refractivity (Wildman–Crippen MR) is 86.3 cm³/mol. The summed E-state index contributed by atoms with van der Waals surface area (Å²) in [6.45, 7) is 2.40. The highest BCUT2D eigenvalue weighted by atomic mass is 35.5. The van der Waals surface area contributed by atoms with Crippen molar-refractivity contribution < 1.29 is 0 Å². The van der Waals surface area contributed by atoms with Crippen molar-refractivity contribution in [1.82, 2.24) is 15.3 Å². The summed E-state index contributed by atoms with van der Waals surface area (Å²) in [6, 6.07) is 3.83. The van der Waals surface area contributed by atoms with E-state index in [1.54, 1.807) is 12.4 Å². The van der Waals surface area contributed by atoms with E-state index in [4.69, 9.17) is 35.4 Å². The third kappa shape index (κ3) is 3.79. The summed E-state index contributed by atoms with van der Waals surface area (Å²) >= 11 is 17.3. The van der Waals surface area contributed by atoms with Gasteiger partial charge in [-0.15, -0.1) is 0 Å². The van der Waals surface area contributed by atoms with Crippen LogP contribution in [0.5, 0.6) is 0 Å². The van der Waals surface area contributed by atoms with E-state index in [2.05, 4.69) is 20.6 Å². The quantitative estimate of drug-likeness (QED) is 0.844. The van der Waals surface area contributed by atoms with Crippen LogP contribution >= 0.6 is 35.4 Å². The molecule has 0 aliphatic heterocycles. The molecule has 0 unspecified atom stereocenters. The summed E-state index contributed by atoms with van der Waals surface area (Å²) in [6.07, 6.45) is 5.03. The van der Waals surface area contributed by atoms with Crippen LogP contribution < -0.4 is 10.6 Å². The van der Waals surface area contributed by atoms with Crippen LogP contribution in [-0.2, 0) is 6.54 Å². The van der Waals surface area contributed by atoms with Gasteiger partial charge in [-0.25, -0.2) is 4.98 Å². The molecular weight excluding hydrogens is 315 g/mol. The van der Waals surface area contributed by atoms with Gasteiger partial charge < -0.3 is 10.6 Å². The molecule has 0 saturated heterocycles. The molecule has 0 amide bonds. The first-order chi connectivity index (χ1) is 9.58. The van der Waals surface area contributed by atoms with Crippen molar-refractivity contribution in [2.24, 2.45) is 0 Å². The minimum Gasteiger partial charge on any atom is -0.358 e. The number of hydrogen-bond acceptors (Lipinski definition) is 3. The Hall–Kier alpha value is -1.43. The number of aromatic nitrogens is 2. The fourth-order valence-corrected chi connectivity index (χ4v) is 2.04. The Balaban J connectivity index is 1.97. The lowest BCUT2D eigenvalue weighted by atomic mass is 10.3. The zero-order chi connectivity index (χ0) is 14.5. The van der Waals surface area contributed by atoms with Gasteiger partial charge in [0, 0.05) is 25.1 Å². The zero-order valence-electron chi connectivity index (χ0n) is 10.7. The molecule has 2 N–H and O–H groups in total. The molecule has 0 aliphatic carbocycles. The topological polar surface area (TPSA) is 49.8 Å². The molecule has 2 aromatic heterocycles. The van der Waals surface area contributed by atoms with Crippen molar-refractivity contribution in [2.45, 2.75) is 13.5 Å². The molecular formula is C13H12Cl2N4S. The molecule has 0 atom stereocenters. The summed E-state index contributed by atoms with van der Waals surface area (Å²) in [7, 11) is 0. The van der Waals surface area contributed by atoms with Gasteiger partial charge in [-0.1, -0.05) is 29.3 Å². The third-order valence-electron chi connectivity index (χ3n) is 2.61. The van der Waals surface area contributed by atoms with Crippen molar-refractivity contribution in [3.05, 3.63) is 51.9 Å². The van der Waals surface area contributed by atoms with Crippen molar-refractivity contribution in [3.8, 4) is 0 Å². The summed E-state index contributed by atoms with van der Waals surface area (Å²) in [5.74, 6) is 0.484. The average Bonchev–Trinajstić information content (AvgIpc) is 2.47. The first-order valence-electron chi connectivity index (χ1n) is 5.82. The number of halogens is 2. The second-order valence-corrected chi connectivity index (χ2v) is 5.26. The number of thiocarbonyl (C=S) groups is 1. The van der Waals surface area contributed by atoms with E-state index < -0.39 is 0 Å². The summed E-state index contributed by atoms with van der Waals surface area (Å²) in [5.41, 5.74) is 1.80. The van der Waals surface area contributed by atoms with Gasteiger partial charge in [0.15, 0.2) is 10.9 Å². The van der Waals surface area contributed by atoms with Crippen molar-refractivity contribution in [1.29, 1.82) is 0 Å². The van der Waals surface area contributed by atoms with Crippen molar-refractivity contribution in [3.63, 3.8) is 0 Å². The highest BCUT2D eigenvalue weighted by Gasteiger charge is 2.09.